The summed E-state index contributed by atoms with van der Waals surface area (Å²) in [5, 5.41) is 0. The molecule has 6 heteroatoms. The number of hydrogen-bond acceptors (Lipinski definition) is 3. The van der Waals surface area contributed by atoms with E-state index in [1.807, 2.05) is 11.5 Å². The predicted molar refractivity (Wildman–Crippen MR) is 82.1 cm³/mol. The highest BCUT2D eigenvalue weighted by Crippen LogP contribution is 2.48. The molecule has 2 aliphatic carbocycles. The molecule has 0 spiro atoms. The number of nitrogens with two attached hydrogens (primary N) is 1. The second-order valence-electron chi connectivity index (χ2n) is 6.44. The van der Waals surface area contributed by atoms with Gasteiger partial charge in [-0.25, -0.2) is 13.1 Å². The van der Waals surface area contributed by atoms with Gasteiger partial charge in [0.15, 0.2) is 0 Å². The second-order valence-corrected chi connectivity index (χ2v) is 8.21. The Kier molecular flexibility index (Phi) is 4.12. The monoisotopic (exact) mass is 311 g/mol. The van der Waals surface area contributed by atoms with E-state index >= 15 is 0 Å². The molecule has 2 bridgehead atoms. The van der Waals surface area contributed by atoms with E-state index in [2.05, 4.69) is 4.72 Å². The Balaban J connectivity index is 1.67. The van der Waals surface area contributed by atoms with Crippen molar-refractivity contribution >= 4 is 10.0 Å². The average Bonchev–Trinajstić information content (AvgIpc) is 3.18. The summed E-state index contributed by atoms with van der Waals surface area (Å²) in [6, 6.07) is 1.69. The van der Waals surface area contributed by atoms with Gasteiger partial charge in [-0.3, -0.25) is 0 Å². The fourth-order valence-electron chi connectivity index (χ4n) is 4.06. The fourth-order valence-corrected chi connectivity index (χ4v) is 5.22. The highest BCUT2D eigenvalue weighted by molar-refractivity contribution is 7.89. The molecule has 0 saturated heterocycles. The third-order valence-electron chi connectivity index (χ3n) is 5.24. The van der Waals surface area contributed by atoms with Crippen molar-refractivity contribution in [1.29, 1.82) is 0 Å². The molecule has 2 aliphatic rings. The normalized spacial score (nSPS) is 28.4. The molecular weight excluding hydrogens is 286 g/mol. The van der Waals surface area contributed by atoms with Gasteiger partial charge in [-0.2, -0.15) is 0 Å². The summed E-state index contributed by atoms with van der Waals surface area (Å²) >= 11 is 0. The van der Waals surface area contributed by atoms with Gasteiger partial charge in [0.05, 0.1) is 4.90 Å². The molecule has 1 aromatic heterocycles. The molecule has 0 radical (unpaired) electrons. The van der Waals surface area contributed by atoms with Gasteiger partial charge in [-0.05, 0) is 50.0 Å². The van der Waals surface area contributed by atoms with Crippen molar-refractivity contribution in [2.45, 2.75) is 50.6 Å². The molecule has 21 heavy (non-hydrogen) atoms. The summed E-state index contributed by atoms with van der Waals surface area (Å²) in [4.78, 5) is 0.341. The van der Waals surface area contributed by atoms with Crippen LogP contribution in [-0.2, 0) is 23.1 Å². The van der Waals surface area contributed by atoms with Crippen molar-refractivity contribution in [2.24, 2.45) is 23.5 Å². The van der Waals surface area contributed by atoms with E-state index in [1.165, 1.54) is 25.7 Å². The van der Waals surface area contributed by atoms with Crippen LogP contribution >= 0.6 is 0 Å². The first-order chi connectivity index (χ1) is 10.0. The van der Waals surface area contributed by atoms with Gasteiger partial charge in [-0.1, -0.05) is 6.42 Å². The van der Waals surface area contributed by atoms with Crippen LogP contribution in [0.15, 0.2) is 17.2 Å². The summed E-state index contributed by atoms with van der Waals surface area (Å²) in [5.41, 5.74) is 6.52. The van der Waals surface area contributed by atoms with Crippen LogP contribution in [0.5, 0.6) is 0 Å². The number of aromatic nitrogens is 1. The standard InChI is InChI=1S/C15H25N3O2S/c1-2-18-10-15(7-14(18)8-16)21(19,20)17-9-13-6-11-3-4-12(13)5-11/h7,10-13,17H,2-6,8-9,16H2,1H3. The Morgan fingerprint density at radius 1 is 1.38 bits per heavy atom. The van der Waals surface area contributed by atoms with Crippen molar-refractivity contribution in [3.63, 3.8) is 0 Å². The van der Waals surface area contributed by atoms with Crippen LogP contribution < -0.4 is 10.5 Å². The van der Waals surface area contributed by atoms with Crippen LogP contribution in [0.1, 0.15) is 38.3 Å². The molecule has 2 saturated carbocycles. The lowest BCUT2D eigenvalue weighted by Gasteiger charge is -2.21. The van der Waals surface area contributed by atoms with Crippen LogP contribution in [0, 0.1) is 17.8 Å². The summed E-state index contributed by atoms with van der Waals surface area (Å²) in [7, 11) is -3.41. The highest BCUT2D eigenvalue weighted by atomic mass is 32.2. The van der Waals surface area contributed by atoms with Crippen molar-refractivity contribution in [3.05, 3.63) is 18.0 Å². The molecule has 3 unspecified atom stereocenters. The fraction of sp³-hybridized carbons (Fsp3) is 0.733. The quantitative estimate of drug-likeness (QED) is 0.839. The van der Waals surface area contributed by atoms with Crippen LogP contribution in [0.3, 0.4) is 0 Å². The van der Waals surface area contributed by atoms with Crippen LogP contribution in [0.4, 0.5) is 0 Å². The summed E-state index contributed by atoms with van der Waals surface area (Å²) in [6.45, 7) is 3.65. The van der Waals surface area contributed by atoms with Gasteiger partial charge < -0.3 is 10.3 Å². The van der Waals surface area contributed by atoms with Crippen LogP contribution in [0.2, 0.25) is 0 Å². The Morgan fingerprint density at radius 3 is 2.71 bits per heavy atom. The van der Waals surface area contributed by atoms with Gasteiger partial charge in [0.1, 0.15) is 0 Å². The minimum absolute atomic E-state index is 0.341. The molecule has 0 amide bonds. The lowest BCUT2D eigenvalue weighted by atomic mass is 9.89. The molecule has 3 rings (SSSR count). The van der Waals surface area contributed by atoms with Crippen molar-refractivity contribution < 1.29 is 8.42 Å². The van der Waals surface area contributed by atoms with Crippen LogP contribution in [-0.4, -0.2) is 19.5 Å². The van der Waals surface area contributed by atoms with E-state index in [4.69, 9.17) is 5.73 Å². The Bertz CT molecular complexity index is 587. The van der Waals surface area contributed by atoms with Crippen molar-refractivity contribution in [1.82, 2.24) is 9.29 Å². The smallest absolute Gasteiger partial charge is 0.242 e. The zero-order valence-electron chi connectivity index (χ0n) is 12.6. The number of fused-ring (bicyclic) bond motifs is 2. The van der Waals surface area contributed by atoms with Gasteiger partial charge in [-0.15, -0.1) is 0 Å². The third-order valence-corrected chi connectivity index (χ3v) is 6.63. The Hall–Kier alpha value is -0.850. The van der Waals surface area contributed by atoms with Gasteiger partial charge >= 0.3 is 0 Å². The molecule has 1 heterocycles. The molecule has 118 valence electrons. The summed E-state index contributed by atoms with van der Waals surface area (Å²) < 4.78 is 29.6. The second kappa shape index (κ2) is 5.74. The molecule has 3 N–H and O–H groups in total. The predicted octanol–water partition coefficient (Wildman–Crippen LogP) is 1.68. The van der Waals surface area contributed by atoms with E-state index in [-0.39, 0.29) is 0 Å². The zero-order valence-corrected chi connectivity index (χ0v) is 13.4. The first-order valence-electron chi connectivity index (χ1n) is 7.92. The summed E-state index contributed by atoms with van der Waals surface area (Å²) in [5.74, 6) is 2.10. The maximum atomic E-state index is 12.4. The molecule has 1 aromatic rings. The van der Waals surface area contributed by atoms with Crippen molar-refractivity contribution in [3.8, 4) is 0 Å². The highest BCUT2D eigenvalue weighted by Gasteiger charge is 2.39. The van der Waals surface area contributed by atoms with Gasteiger partial charge in [0.25, 0.3) is 0 Å². The van der Waals surface area contributed by atoms with E-state index in [9.17, 15) is 8.42 Å². The third kappa shape index (κ3) is 2.89. The number of nitrogens with zero attached hydrogens (tertiary/aromatic N) is 1. The first kappa shape index (κ1) is 15.1. The van der Waals surface area contributed by atoms with Crippen molar-refractivity contribution in [2.75, 3.05) is 6.54 Å². The first-order valence-corrected chi connectivity index (χ1v) is 9.40. The minimum atomic E-state index is -3.41. The molecule has 5 nitrogen and oxygen atoms in total. The van der Waals surface area contributed by atoms with Gasteiger partial charge in [0.2, 0.25) is 10.0 Å². The minimum Gasteiger partial charge on any atom is -0.349 e. The maximum absolute atomic E-state index is 12.4. The lowest BCUT2D eigenvalue weighted by molar-refractivity contribution is 0.333. The molecule has 0 aromatic carbocycles. The Morgan fingerprint density at radius 2 is 2.19 bits per heavy atom. The number of nitrogens with one attached hydrogen (secondary N) is 1. The van der Waals surface area contributed by atoms with E-state index in [1.54, 1.807) is 12.3 Å². The molecular formula is C15H25N3O2S. The maximum Gasteiger partial charge on any atom is 0.242 e. The van der Waals surface area contributed by atoms with Gasteiger partial charge in [0, 0.05) is 31.5 Å². The van der Waals surface area contributed by atoms with Crippen LogP contribution in [0.25, 0.3) is 0 Å². The SMILES string of the molecule is CCn1cc(S(=O)(=O)NCC2CC3CCC2C3)cc1CN. The van der Waals surface area contributed by atoms with E-state index < -0.39 is 10.0 Å². The lowest BCUT2D eigenvalue weighted by Crippen LogP contribution is -2.31. The number of rotatable bonds is 6. The zero-order chi connectivity index (χ0) is 15.0. The summed E-state index contributed by atoms with van der Waals surface area (Å²) in [6.07, 6.45) is 6.80. The number of sulfonamides is 1. The average molecular weight is 311 g/mol. The van der Waals surface area contributed by atoms with E-state index in [0.29, 0.717) is 23.9 Å². The largest absolute Gasteiger partial charge is 0.349 e. The number of hydrogen-bond donors (Lipinski definition) is 2. The molecule has 3 atom stereocenters. The molecule has 2 fully saturated rings. The topological polar surface area (TPSA) is 77.1 Å². The number of aryl methyl sites for hydroxylation is 1. The molecule has 0 aliphatic heterocycles. The van der Waals surface area contributed by atoms with E-state index in [0.717, 1.165) is 24.1 Å². The Labute approximate surface area is 127 Å².